The van der Waals surface area contributed by atoms with Crippen molar-refractivity contribution in [2.24, 2.45) is 0 Å². The number of hydrogen-bond donors (Lipinski definition) is 1. The number of hydrogen-bond acceptors (Lipinski definition) is 6. The van der Waals surface area contributed by atoms with Gasteiger partial charge >= 0.3 is 11.9 Å². The largest absolute Gasteiger partial charge is 0.453 e. The minimum atomic E-state index is -0.789. The summed E-state index contributed by atoms with van der Waals surface area (Å²) in [5.41, 5.74) is 0. The molecule has 0 spiro atoms. The quantitative estimate of drug-likeness (QED) is 0.545. The van der Waals surface area contributed by atoms with Crippen molar-refractivity contribution in [1.82, 2.24) is 5.32 Å². The van der Waals surface area contributed by atoms with Crippen molar-refractivity contribution in [1.29, 1.82) is 0 Å². The summed E-state index contributed by atoms with van der Waals surface area (Å²) < 4.78 is 13.4. The zero-order valence-corrected chi connectivity index (χ0v) is 8.57. The predicted molar refractivity (Wildman–Crippen MR) is 47.9 cm³/mol. The first-order valence-electron chi connectivity index (χ1n) is 4.11. The number of rotatable bonds is 6. The molecule has 0 fully saturated rings. The molecule has 0 rings (SSSR count). The second-order valence-corrected chi connectivity index (χ2v) is 2.43. The first-order chi connectivity index (χ1) is 7.10. The van der Waals surface area contributed by atoms with Gasteiger partial charge < -0.3 is 19.5 Å². The lowest BCUT2D eigenvalue weighted by Crippen LogP contribution is -2.27. The van der Waals surface area contributed by atoms with E-state index in [1.165, 1.54) is 14.2 Å². The fourth-order valence-electron chi connectivity index (χ4n) is 0.559. The Morgan fingerprint density at radius 1 is 1.00 bits per heavy atom. The molecule has 0 aromatic heterocycles. The smallest absolute Gasteiger partial charge is 0.344 e. The van der Waals surface area contributed by atoms with Crippen LogP contribution >= 0.6 is 0 Å². The number of esters is 2. The summed E-state index contributed by atoms with van der Waals surface area (Å²) in [6.07, 6.45) is 0. The highest BCUT2D eigenvalue weighted by atomic mass is 16.6. The van der Waals surface area contributed by atoms with E-state index in [0.717, 1.165) is 0 Å². The molecule has 15 heavy (non-hydrogen) atoms. The van der Waals surface area contributed by atoms with Crippen LogP contribution in [0.3, 0.4) is 0 Å². The molecule has 7 heteroatoms. The first-order valence-corrected chi connectivity index (χ1v) is 4.11. The highest BCUT2D eigenvalue weighted by molar-refractivity contribution is 5.81. The third kappa shape index (κ3) is 7.44. The molecule has 0 aliphatic heterocycles. The number of methoxy groups -OCH3 is 1. The zero-order chi connectivity index (χ0) is 11.7. The van der Waals surface area contributed by atoms with Crippen LogP contribution in [0, 0.1) is 0 Å². The fraction of sp³-hybridized carbons (Fsp3) is 0.625. The molecule has 7 nitrogen and oxygen atoms in total. The van der Waals surface area contributed by atoms with Crippen LogP contribution in [-0.4, -0.2) is 51.8 Å². The van der Waals surface area contributed by atoms with Gasteiger partial charge in [-0.3, -0.25) is 4.79 Å². The standard InChI is InChI=1S/C8H13NO6/c1-9-6(10)3-14-8(12)5-15-7(11)4-13-2/h3-5H2,1-2H3,(H,9,10). The monoisotopic (exact) mass is 219 g/mol. The van der Waals surface area contributed by atoms with Crippen molar-refractivity contribution in [3.05, 3.63) is 0 Å². The maximum atomic E-state index is 10.9. The molecule has 0 atom stereocenters. The van der Waals surface area contributed by atoms with Crippen LogP contribution in [0.2, 0.25) is 0 Å². The van der Waals surface area contributed by atoms with Crippen LogP contribution < -0.4 is 5.32 Å². The van der Waals surface area contributed by atoms with Crippen LogP contribution in [0.4, 0.5) is 0 Å². The molecule has 0 aliphatic carbocycles. The predicted octanol–water partition coefficient (Wildman–Crippen LogP) is -1.53. The van der Waals surface area contributed by atoms with Crippen molar-refractivity contribution in [2.75, 3.05) is 34.0 Å². The van der Waals surface area contributed by atoms with E-state index < -0.39 is 31.1 Å². The normalized spacial score (nSPS) is 9.20. The highest BCUT2D eigenvalue weighted by Crippen LogP contribution is 1.84. The van der Waals surface area contributed by atoms with Gasteiger partial charge in [0.2, 0.25) is 0 Å². The third-order valence-electron chi connectivity index (χ3n) is 1.26. The van der Waals surface area contributed by atoms with Crippen molar-refractivity contribution in [3.63, 3.8) is 0 Å². The molecule has 0 heterocycles. The third-order valence-corrected chi connectivity index (χ3v) is 1.26. The topological polar surface area (TPSA) is 90.9 Å². The minimum Gasteiger partial charge on any atom is -0.453 e. The molecule has 1 N–H and O–H groups in total. The van der Waals surface area contributed by atoms with E-state index in [1.54, 1.807) is 0 Å². The Morgan fingerprint density at radius 3 is 2.07 bits per heavy atom. The van der Waals surface area contributed by atoms with E-state index in [2.05, 4.69) is 19.5 Å². The average molecular weight is 219 g/mol. The summed E-state index contributed by atoms with van der Waals surface area (Å²) in [7, 11) is 2.74. The molecule has 0 aliphatic rings. The van der Waals surface area contributed by atoms with Gasteiger partial charge in [0.1, 0.15) is 6.61 Å². The lowest BCUT2D eigenvalue weighted by Gasteiger charge is -2.04. The molecule has 1 amide bonds. The Morgan fingerprint density at radius 2 is 1.53 bits per heavy atom. The molecule has 0 aromatic carbocycles. The summed E-state index contributed by atoms with van der Waals surface area (Å²) in [4.78, 5) is 32.2. The van der Waals surface area contributed by atoms with E-state index >= 15 is 0 Å². The molecular formula is C8H13NO6. The molecule has 0 saturated heterocycles. The van der Waals surface area contributed by atoms with Crippen molar-refractivity contribution in [2.45, 2.75) is 0 Å². The summed E-state index contributed by atoms with van der Waals surface area (Å²) >= 11 is 0. The lowest BCUT2D eigenvalue weighted by atomic mass is 10.6. The van der Waals surface area contributed by atoms with Gasteiger partial charge in [-0.2, -0.15) is 0 Å². The number of carbonyl (C=O) groups excluding carboxylic acids is 3. The second-order valence-electron chi connectivity index (χ2n) is 2.43. The molecule has 0 aromatic rings. The Kier molecular flexibility index (Phi) is 6.90. The SMILES string of the molecule is CNC(=O)COC(=O)COC(=O)COC. The fourth-order valence-corrected chi connectivity index (χ4v) is 0.559. The number of ether oxygens (including phenoxy) is 3. The summed E-state index contributed by atoms with van der Waals surface area (Å²) in [5.74, 6) is -1.90. The molecule has 0 saturated carbocycles. The van der Waals surface area contributed by atoms with Gasteiger partial charge in [0, 0.05) is 14.2 Å². The van der Waals surface area contributed by atoms with E-state index in [9.17, 15) is 14.4 Å². The molecule has 0 bridgehead atoms. The van der Waals surface area contributed by atoms with Gasteiger partial charge in [0.25, 0.3) is 5.91 Å². The van der Waals surface area contributed by atoms with Gasteiger partial charge in [0.15, 0.2) is 13.2 Å². The number of nitrogens with one attached hydrogen (secondary N) is 1. The van der Waals surface area contributed by atoms with Gasteiger partial charge in [-0.15, -0.1) is 0 Å². The summed E-state index contributed by atoms with van der Waals surface area (Å²) in [6.45, 7) is -1.15. The van der Waals surface area contributed by atoms with Crippen LogP contribution in [0.25, 0.3) is 0 Å². The van der Waals surface area contributed by atoms with Crippen LogP contribution in [0.5, 0.6) is 0 Å². The average Bonchev–Trinajstić information content (AvgIpc) is 2.23. The maximum absolute atomic E-state index is 10.9. The molecule has 0 unspecified atom stereocenters. The van der Waals surface area contributed by atoms with Gasteiger partial charge in [0.05, 0.1) is 0 Å². The van der Waals surface area contributed by atoms with Crippen LogP contribution in [-0.2, 0) is 28.6 Å². The summed E-state index contributed by atoms with van der Waals surface area (Å²) in [5, 5.41) is 2.26. The highest BCUT2D eigenvalue weighted by Gasteiger charge is 2.09. The maximum Gasteiger partial charge on any atom is 0.344 e. The van der Waals surface area contributed by atoms with Gasteiger partial charge in [-0.05, 0) is 0 Å². The Labute approximate surface area is 86.7 Å². The second kappa shape index (κ2) is 7.74. The zero-order valence-electron chi connectivity index (χ0n) is 8.57. The number of amides is 1. The summed E-state index contributed by atoms with van der Waals surface area (Å²) in [6, 6.07) is 0. The van der Waals surface area contributed by atoms with E-state index in [1.807, 2.05) is 0 Å². The van der Waals surface area contributed by atoms with E-state index in [-0.39, 0.29) is 6.61 Å². The van der Waals surface area contributed by atoms with E-state index in [0.29, 0.717) is 0 Å². The van der Waals surface area contributed by atoms with Gasteiger partial charge in [-0.1, -0.05) is 0 Å². The Bertz CT molecular complexity index is 239. The van der Waals surface area contributed by atoms with E-state index in [4.69, 9.17) is 0 Å². The minimum absolute atomic E-state index is 0.233. The lowest BCUT2D eigenvalue weighted by molar-refractivity contribution is -0.162. The van der Waals surface area contributed by atoms with Crippen molar-refractivity contribution >= 4 is 17.8 Å². The van der Waals surface area contributed by atoms with Crippen LogP contribution in [0.1, 0.15) is 0 Å². The number of likely N-dealkylation sites (N-methyl/N-ethyl adjacent to an activating group) is 1. The Hall–Kier alpha value is -1.63. The van der Waals surface area contributed by atoms with Crippen molar-refractivity contribution in [3.8, 4) is 0 Å². The molecular weight excluding hydrogens is 206 g/mol. The number of carbonyl (C=O) groups is 3. The molecule has 0 radical (unpaired) electrons. The first kappa shape index (κ1) is 13.4. The van der Waals surface area contributed by atoms with Crippen LogP contribution in [0.15, 0.2) is 0 Å². The van der Waals surface area contributed by atoms with Crippen molar-refractivity contribution < 1.29 is 28.6 Å². The molecule has 86 valence electrons. The van der Waals surface area contributed by atoms with Gasteiger partial charge in [-0.25, -0.2) is 9.59 Å². The Balaban J connectivity index is 3.57.